The van der Waals surface area contributed by atoms with Gasteiger partial charge in [0.05, 0.1) is 37.5 Å². The van der Waals surface area contributed by atoms with E-state index in [4.69, 9.17) is 51.4 Å². The molecule has 0 bridgehead atoms. The molecule has 0 aliphatic heterocycles. The minimum absolute atomic E-state index is 0.282. The van der Waals surface area contributed by atoms with E-state index in [-0.39, 0.29) is 10.9 Å². The van der Waals surface area contributed by atoms with Gasteiger partial charge in [0, 0.05) is 16.0 Å². The SMILES string of the molecule is Cc1cc(C)c2nc(-c3ccc(Cl)cc3Cl)cc(C(=O)Nc3cccc(Cl)c3Cl)c2c1. The molecule has 31 heavy (non-hydrogen) atoms. The molecule has 3 aromatic carbocycles. The average molecular weight is 490 g/mol. The standard InChI is InChI=1S/C24H16Cl4N2O/c1-12-8-13(2)23-16(9-12)17(24(31)30-20-5-3-4-18(26)22(20)28)11-21(29-23)15-7-6-14(25)10-19(15)27/h3-11H,1-2H3,(H,30,31). The highest BCUT2D eigenvalue weighted by molar-refractivity contribution is 6.44. The fourth-order valence-corrected chi connectivity index (χ4v) is 4.35. The van der Waals surface area contributed by atoms with Gasteiger partial charge in [0.2, 0.25) is 0 Å². The van der Waals surface area contributed by atoms with Gasteiger partial charge in [-0.2, -0.15) is 0 Å². The summed E-state index contributed by atoms with van der Waals surface area (Å²) in [6.07, 6.45) is 0. The third kappa shape index (κ3) is 4.37. The van der Waals surface area contributed by atoms with Crippen molar-refractivity contribution in [3.8, 4) is 11.3 Å². The Morgan fingerprint density at radius 2 is 1.68 bits per heavy atom. The molecule has 1 aromatic heterocycles. The highest BCUT2D eigenvalue weighted by atomic mass is 35.5. The van der Waals surface area contributed by atoms with Crippen molar-refractivity contribution < 1.29 is 4.79 Å². The second-order valence-corrected chi connectivity index (χ2v) is 8.84. The first-order valence-electron chi connectivity index (χ1n) is 9.37. The van der Waals surface area contributed by atoms with Crippen molar-refractivity contribution in [3.63, 3.8) is 0 Å². The van der Waals surface area contributed by atoms with Crippen LogP contribution in [0.1, 0.15) is 21.5 Å². The summed E-state index contributed by atoms with van der Waals surface area (Å²) in [5.41, 5.74) is 4.84. The summed E-state index contributed by atoms with van der Waals surface area (Å²) in [6.45, 7) is 3.94. The predicted molar refractivity (Wildman–Crippen MR) is 131 cm³/mol. The molecular formula is C24H16Cl4N2O. The third-order valence-electron chi connectivity index (χ3n) is 4.90. The topological polar surface area (TPSA) is 42.0 Å². The lowest BCUT2D eigenvalue weighted by molar-refractivity contribution is 0.102. The molecule has 1 N–H and O–H groups in total. The van der Waals surface area contributed by atoms with Crippen LogP contribution in [0.2, 0.25) is 20.1 Å². The van der Waals surface area contributed by atoms with E-state index in [0.717, 1.165) is 22.0 Å². The van der Waals surface area contributed by atoms with Crippen molar-refractivity contribution in [1.82, 2.24) is 4.98 Å². The summed E-state index contributed by atoms with van der Waals surface area (Å²) >= 11 is 24.8. The summed E-state index contributed by atoms with van der Waals surface area (Å²) in [5.74, 6) is -0.326. The number of amides is 1. The highest BCUT2D eigenvalue weighted by Crippen LogP contribution is 2.34. The summed E-state index contributed by atoms with van der Waals surface area (Å²) in [4.78, 5) is 18.1. The fraction of sp³-hybridized carbons (Fsp3) is 0.0833. The molecule has 7 heteroatoms. The molecule has 3 nitrogen and oxygen atoms in total. The fourth-order valence-electron chi connectivity index (χ4n) is 3.49. The van der Waals surface area contributed by atoms with E-state index in [1.807, 2.05) is 26.0 Å². The number of aryl methyl sites for hydroxylation is 2. The van der Waals surface area contributed by atoms with Crippen LogP contribution < -0.4 is 5.32 Å². The van der Waals surface area contributed by atoms with Crippen molar-refractivity contribution in [2.24, 2.45) is 0 Å². The van der Waals surface area contributed by atoms with Gasteiger partial charge in [0.1, 0.15) is 0 Å². The molecule has 4 rings (SSSR count). The molecule has 0 saturated heterocycles. The van der Waals surface area contributed by atoms with Gasteiger partial charge < -0.3 is 5.32 Å². The number of anilines is 1. The van der Waals surface area contributed by atoms with E-state index in [1.54, 1.807) is 42.5 Å². The molecule has 0 spiro atoms. The van der Waals surface area contributed by atoms with E-state index in [2.05, 4.69) is 5.32 Å². The van der Waals surface area contributed by atoms with Gasteiger partial charge in [-0.15, -0.1) is 0 Å². The molecule has 0 aliphatic carbocycles. The molecule has 0 aliphatic rings. The Morgan fingerprint density at radius 3 is 2.42 bits per heavy atom. The second kappa shape index (κ2) is 8.68. The van der Waals surface area contributed by atoms with Crippen LogP contribution >= 0.6 is 46.4 Å². The number of carbonyl (C=O) groups excluding carboxylic acids is 1. The van der Waals surface area contributed by atoms with E-state index in [1.165, 1.54) is 0 Å². The number of halogens is 4. The van der Waals surface area contributed by atoms with Gasteiger partial charge >= 0.3 is 0 Å². The summed E-state index contributed by atoms with van der Waals surface area (Å²) in [7, 11) is 0. The van der Waals surface area contributed by atoms with E-state index in [0.29, 0.717) is 37.6 Å². The number of hydrogen-bond donors (Lipinski definition) is 1. The number of carbonyl (C=O) groups is 1. The number of nitrogens with one attached hydrogen (secondary N) is 1. The molecule has 0 atom stereocenters. The Labute approximate surface area is 199 Å². The van der Waals surface area contributed by atoms with Crippen molar-refractivity contribution in [2.45, 2.75) is 13.8 Å². The second-order valence-electron chi connectivity index (χ2n) is 7.21. The highest BCUT2D eigenvalue weighted by Gasteiger charge is 2.18. The molecule has 156 valence electrons. The quantitative estimate of drug-likeness (QED) is 0.314. The maximum atomic E-state index is 13.3. The molecule has 1 heterocycles. The van der Waals surface area contributed by atoms with Gasteiger partial charge in [-0.3, -0.25) is 4.79 Å². The Morgan fingerprint density at radius 1 is 0.903 bits per heavy atom. The largest absolute Gasteiger partial charge is 0.321 e. The molecule has 0 saturated carbocycles. The molecule has 0 radical (unpaired) electrons. The average Bonchev–Trinajstić information content (AvgIpc) is 2.71. The Kier molecular flexibility index (Phi) is 6.14. The zero-order valence-corrected chi connectivity index (χ0v) is 19.6. The maximum absolute atomic E-state index is 13.3. The van der Waals surface area contributed by atoms with Crippen molar-refractivity contribution >= 4 is 68.9 Å². The minimum atomic E-state index is -0.326. The minimum Gasteiger partial charge on any atom is -0.321 e. The molecule has 0 unspecified atom stereocenters. The molecule has 4 aromatic rings. The summed E-state index contributed by atoms with van der Waals surface area (Å²) in [6, 6.07) is 16.0. The predicted octanol–water partition coefficient (Wildman–Crippen LogP) is 8.38. The van der Waals surface area contributed by atoms with Crippen LogP contribution in [0.25, 0.3) is 22.2 Å². The molecular weight excluding hydrogens is 474 g/mol. The number of pyridine rings is 1. The van der Waals surface area contributed by atoms with Crippen molar-refractivity contribution in [2.75, 3.05) is 5.32 Å². The van der Waals surface area contributed by atoms with Gasteiger partial charge in [-0.1, -0.05) is 64.1 Å². The monoisotopic (exact) mass is 488 g/mol. The van der Waals surface area contributed by atoms with E-state index >= 15 is 0 Å². The van der Waals surface area contributed by atoms with E-state index < -0.39 is 0 Å². The zero-order chi connectivity index (χ0) is 22.3. The normalized spacial score (nSPS) is 11.0. The number of fused-ring (bicyclic) bond motifs is 1. The zero-order valence-electron chi connectivity index (χ0n) is 16.6. The first kappa shape index (κ1) is 21.9. The summed E-state index contributed by atoms with van der Waals surface area (Å²) < 4.78 is 0. The summed E-state index contributed by atoms with van der Waals surface area (Å²) in [5, 5.41) is 5.22. The van der Waals surface area contributed by atoms with Crippen LogP contribution in [0, 0.1) is 13.8 Å². The number of benzene rings is 3. The van der Waals surface area contributed by atoms with E-state index in [9.17, 15) is 4.79 Å². The molecule has 1 amide bonds. The number of nitrogens with zero attached hydrogens (tertiary/aromatic N) is 1. The Hall–Kier alpha value is -2.30. The number of rotatable bonds is 3. The number of hydrogen-bond acceptors (Lipinski definition) is 2. The molecule has 0 fully saturated rings. The van der Waals surface area contributed by atoms with Gasteiger partial charge in [-0.25, -0.2) is 4.98 Å². The third-order valence-corrected chi connectivity index (χ3v) is 6.27. The van der Waals surface area contributed by atoms with Crippen molar-refractivity contribution in [3.05, 3.63) is 91.4 Å². The van der Waals surface area contributed by atoms with Crippen LogP contribution in [0.15, 0.2) is 54.6 Å². The van der Waals surface area contributed by atoms with Gasteiger partial charge in [0.25, 0.3) is 5.91 Å². The van der Waals surface area contributed by atoms with Crippen LogP contribution in [-0.2, 0) is 0 Å². The lowest BCUT2D eigenvalue weighted by Crippen LogP contribution is -2.14. The van der Waals surface area contributed by atoms with Gasteiger partial charge in [-0.05, 0) is 61.9 Å². The number of aromatic nitrogens is 1. The Balaban J connectivity index is 1.92. The first-order chi connectivity index (χ1) is 14.7. The lowest BCUT2D eigenvalue weighted by Gasteiger charge is -2.14. The van der Waals surface area contributed by atoms with Crippen LogP contribution in [-0.4, -0.2) is 10.9 Å². The Bertz CT molecular complexity index is 1350. The van der Waals surface area contributed by atoms with Crippen LogP contribution in [0.3, 0.4) is 0 Å². The lowest BCUT2D eigenvalue weighted by atomic mass is 9.99. The van der Waals surface area contributed by atoms with Crippen LogP contribution in [0.4, 0.5) is 5.69 Å². The van der Waals surface area contributed by atoms with Gasteiger partial charge in [0.15, 0.2) is 0 Å². The van der Waals surface area contributed by atoms with Crippen molar-refractivity contribution in [1.29, 1.82) is 0 Å². The first-order valence-corrected chi connectivity index (χ1v) is 10.9. The van der Waals surface area contributed by atoms with Crippen LogP contribution in [0.5, 0.6) is 0 Å². The maximum Gasteiger partial charge on any atom is 0.256 e. The smallest absolute Gasteiger partial charge is 0.256 e.